The minimum Gasteiger partial charge on any atom is -0.314 e. The average molecular weight is 310 g/mol. The SMILES string of the molecule is CN1CC2CNCCN2C(c2ccc(Br)cc2)C1. The number of likely N-dealkylation sites (N-methyl/N-ethyl adjacent to an activating group) is 1. The lowest BCUT2D eigenvalue weighted by atomic mass is 9.98. The van der Waals surface area contributed by atoms with Crippen molar-refractivity contribution in [2.75, 3.05) is 39.8 Å². The quantitative estimate of drug-likeness (QED) is 0.852. The fourth-order valence-corrected chi connectivity index (χ4v) is 3.44. The molecule has 2 aliphatic heterocycles. The van der Waals surface area contributed by atoms with Crippen molar-refractivity contribution < 1.29 is 0 Å². The molecular weight excluding hydrogens is 290 g/mol. The summed E-state index contributed by atoms with van der Waals surface area (Å²) in [4.78, 5) is 5.14. The first-order valence-electron chi connectivity index (χ1n) is 6.64. The van der Waals surface area contributed by atoms with E-state index in [1.54, 1.807) is 0 Å². The molecule has 1 aromatic rings. The van der Waals surface area contributed by atoms with Crippen LogP contribution in [0, 0.1) is 0 Å². The van der Waals surface area contributed by atoms with Gasteiger partial charge in [0.2, 0.25) is 0 Å². The van der Waals surface area contributed by atoms with Crippen molar-refractivity contribution in [3.05, 3.63) is 34.3 Å². The van der Waals surface area contributed by atoms with Gasteiger partial charge in [-0.3, -0.25) is 4.90 Å². The molecule has 2 saturated heterocycles. The molecule has 0 spiro atoms. The maximum atomic E-state index is 3.52. The summed E-state index contributed by atoms with van der Waals surface area (Å²) in [5, 5.41) is 3.51. The molecule has 2 unspecified atom stereocenters. The Morgan fingerprint density at radius 3 is 2.78 bits per heavy atom. The number of piperazine rings is 2. The summed E-state index contributed by atoms with van der Waals surface area (Å²) < 4.78 is 1.16. The van der Waals surface area contributed by atoms with Crippen molar-refractivity contribution in [3.8, 4) is 0 Å². The third-order valence-corrected chi connectivity index (χ3v) is 4.59. The fraction of sp³-hybridized carbons (Fsp3) is 0.571. The molecule has 3 rings (SSSR count). The van der Waals surface area contributed by atoms with Crippen LogP contribution in [0.15, 0.2) is 28.7 Å². The van der Waals surface area contributed by atoms with Crippen LogP contribution in [-0.2, 0) is 0 Å². The van der Waals surface area contributed by atoms with E-state index in [-0.39, 0.29) is 0 Å². The van der Waals surface area contributed by atoms with Gasteiger partial charge >= 0.3 is 0 Å². The molecule has 0 aliphatic carbocycles. The zero-order valence-electron chi connectivity index (χ0n) is 10.8. The van der Waals surface area contributed by atoms with Gasteiger partial charge < -0.3 is 10.2 Å². The largest absolute Gasteiger partial charge is 0.314 e. The van der Waals surface area contributed by atoms with Crippen molar-refractivity contribution in [1.29, 1.82) is 0 Å². The first-order chi connectivity index (χ1) is 8.74. The topological polar surface area (TPSA) is 18.5 Å². The lowest BCUT2D eigenvalue weighted by Gasteiger charge is -2.48. The number of fused-ring (bicyclic) bond motifs is 1. The van der Waals surface area contributed by atoms with Crippen LogP contribution in [-0.4, -0.2) is 55.6 Å². The second-order valence-electron chi connectivity index (χ2n) is 5.38. The first-order valence-corrected chi connectivity index (χ1v) is 7.44. The highest BCUT2D eigenvalue weighted by atomic mass is 79.9. The maximum absolute atomic E-state index is 3.52. The van der Waals surface area contributed by atoms with Crippen LogP contribution in [0.2, 0.25) is 0 Å². The van der Waals surface area contributed by atoms with Crippen molar-refractivity contribution >= 4 is 15.9 Å². The first kappa shape index (κ1) is 12.6. The van der Waals surface area contributed by atoms with Crippen LogP contribution < -0.4 is 5.32 Å². The highest BCUT2D eigenvalue weighted by molar-refractivity contribution is 9.10. The van der Waals surface area contributed by atoms with E-state index in [1.807, 2.05) is 0 Å². The standard InChI is InChI=1S/C14H20BrN3/c1-17-9-13-8-16-6-7-18(13)14(10-17)11-2-4-12(15)5-3-11/h2-5,13-14,16H,6-10H2,1H3. The van der Waals surface area contributed by atoms with E-state index in [1.165, 1.54) is 18.7 Å². The van der Waals surface area contributed by atoms with Crippen LogP contribution in [0.3, 0.4) is 0 Å². The van der Waals surface area contributed by atoms with Crippen LogP contribution in [0.4, 0.5) is 0 Å². The monoisotopic (exact) mass is 309 g/mol. The zero-order chi connectivity index (χ0) is 12.5. The lowest BCUT2D eigenvalue weighted by Crippen LogP contribution is -2.61. The Morgan fingerprint density at radius 1 is 1.22 bits per heavy atom. The summed E-state index contributed by atoms with van der Waals surface area (Å²) in [7, 11) is 2.23. The maximum Gasteiger partial charge on any atom is 0.0479 e. The zero-order valence-corrected chi connectivity index (χ0v) is 12.4. The Morgan fingerprint density at radius 2 is 2.00 bits per heavy atom. The van der Waals surface area contributed by atoms with E-state index >= 15 is 0 Å². The number of rotatable bonds is 1. The van der Waals surface area contributed by atoms with Crippen molar-refractivity contribution in [3.63, 3.8) is 0 Å². The third kappa shape index (κ3) is 2.48. The Bertz CT molecular complexity index is 406. The summed E-state index contributed by atoms with van der Waals surface area (Å²) in [6.45, 7) is 5.72. The van der Waals surface area contributed by atoms with Crippen LogP contribution in [0.1, 0.15) is 11.6 Å². The second-order valence-corrected chi connectivity index (χ2v) is 6.30. The molecule has 0 amide bonds. The number of nitrogens with one attached hydrogen (secondary N) is 1. The number of hydrogen-bond acceptors (Lipinski definition) is 3. The van der Waals surface area contributed by atoms with Gasteiger partial charge in [-0.25, -0.2) is 0 Å². The smallest absolute Gasteiger partial charge is 0.0479 e. The fourth-order valence-electron chi connectivity index (χ4n) is 3.17. The van der Waals surface area contributed by atoms with E-state index in [9.17, 15) is 0 Å². The van der Waals surface area contributed by atoms with Crippen molar-refractivity contribution in [1.82, 2.24) is 15.1 Å². The van der Waals surface area contributed by atoms with Crippen LogP contribution in [0.25, 0.3) is 0 Å². The van der Waals surface area contributed by atoms with Gasteiger partial charge in [0.1, 0.15) is 0 Å². The Balaban J connectivity index is 1.86. The predicted octanol–water partition coefficient (Wildman–Crippen LogP) is 1.71. The second kappa shape index (κ2) is 5.29. The van der Waals surface area contributed by atoms with E-state index < -0.39 is 0 Å². The normalized spacial score (nSPS) is 30.1. The molecule has 3 nitrogen and oxygen atoms in total. The molecule has 18 heavy (non-hydrogen) atoms. The van der Waals surface area contributed by atoms with Gasteiger partial charge in [0.25, 0.3) is 0 Å². The Labute approximate surface area is 117 Å². The van der Waals surface area contributed by atoms with Crippen molar-refractivity contribution in [2.45, 2.75) is 12.1 Å². The van der Waals surface area contributed by atoms with E-state index in [0.717, 1.165) is 24.1 Å². The van der Waals surface area contributed by atoms with Gasteiger partial charge in [0.05, 0.1) is 0 Å². The molecule has 2 heterocycles. The summed E-state index contributed by atoms with van der Waals surface area (Å²) >= 11 is 3.52. The minimum absolute atomic E-state index is 0.545. The lowest BCUT2D eigenvalue weighted by molar-refractivity contribution is 0.0194. The molecule has 2 aliphatic rings. The number of hydrogen-bond donors (Lipinski definition) is 1. The Kier molecular flexibility index (Phi) is 3.71. The van der Waals surface area contributed by atoms with Gasteiger partial charge in [-0.2, -0.15) is 0 Å². The van der Waals surface area contributed by atoms with Crippen LogP contribution in [0.5, 0.6) is 0 Å². The molecule has 98 valence electrons. The van der Waals surface area contributed by atoms with Gasteiger partial charge in [0, 0.05) is 49.3 Å². The highest BCUT2D eigenvalue weighted by Gasteiger charge is 2.35. The molecule has 0 aromatic heterocycles. The molecule has 4 heteroatoms. The Hall–Kier alpha value is -0.420. The van der Waals surface area contributed by atoms with E-state index in [0.29, 0.717) is 12.1 Å². The predicted molar refractivity (Wildman–Crippen MR) is 77.7 cm³/mol. The van der Waals surface area contributed by atoms with Crippen molar-refractivity contribution in [2.24, 2.45) is 0 Å². The number of nitrogens with zero attached hydrogens (tertiary/aromatic N) is 2. The molecule has 1 aromatic carbocycles. The number of halogens is 1. The third-order valence-electron chi connectivity index (χ3n) is 4.06. The van der Waals surface area contributed by atoms with E-state index in [2.05, 4.69) is 62.4 Å². The molecule has 0 saturated carbocycles. The molecule has 0 bridgehead atoms. The minimum atomic E-state index is 0.545. The van der Waals surface area contributed by atoms with Gasteiger partial charge in [0.15, 0.2) is 0 Å². The average Bonchev–Trinajstić information content (AvgIpc) is 2.38. The summed E-state index contributed by atoms with van der Waals surface area (Å²) in [5.41, 5.74) is 1.44. The molecule has 1 N–H and O–H groups in total. The number of benzene rings is 1. The highest BCUT2D eigenvalue weighted by Crippen LogP contribution is 2.29. The van der Waals surface area contributed by atoms with Gasteiger partial charge in [-0.1, -0.05) is 28.1 Å². The van der Waals surface area contributed by atoms with Crippen LogP contribution >= 0.6 is 15.9 Å². The van der Waals surface area contributed by atoms with E-state index in [4.69, 9.17) is 0 Å². The summed E-state index contributed by atoms with van der Waals surface area (Å²) in [6.07, 6.45) is 0. The van der Waals surface area contributed by atoms with Gasteiger partial charge in [-0.05, 0) is 24.7 Å². The molecular formula is C14H20BrN3. The summed E-state index contributed by atoms with van der Waals surface area (Å²) in [5.74, 6) is 0. The molecule has 0 radical (unpaired) electrons. The van der Waals surface area contributed by atoms with Gasteiger partial charge in [-0.15, -0.1) is 0 Å². The molecule has 2 atom stereocenters. The summed E-state index contributed by atoms with van der Waals surface area (Å²) in [6, 6.07) is 10.0. The molecule has 2 fully saturated rings.